The fourth-order valence-electron chi connectivity index (χ4n) is 2.19. The number of halogens is 1. The van der Waals surface area contributed by atoms with Crippen LogP contribution >= 0.6 is 15.9 Å². The monoisotopic (exact) mass is 450 g/mol. The smallest absolute Gasteiger partial charge is 0.276 e. The van der Waals surface area contributed by atoms with Crippen LogP contribution < -0.4 is 20.3 Å². The van der Waals surface area contributed by atoms with Crippen LogP contribution in [0.25, 0.3) is 0 Å². The van der Waals surface area contributed by atoms with Gasteiger partial charge in [-0.15, -0.1) is 0 Å². The van der Waals surface area contributed by atoms with Crippen LogP contribution in [0.15, 0.2) is 46.9 Å². The van der Waals surface area contributed by atoms with Gasteiger partial charge in [-0.2, -0.15) is 0 Å². The molecule has 0 aliphatic heterocycles. The number of hydrogen-bond acceptors (Lipinski definition) is 5. The molecule has 0 aliphatic carbocycles. The lowest BCUT2D eigenvalue weighted by Crippen LogP contribution is -2.43. The Kier molecular flexibility index (Phi) is 8.77. The zero-order valence-corrected chi connectivity index (χ0v) is 17.4. The second-order valence-corrected chi connectivity index (χ2v) is 6.65. The number of rotatable bonds is 9. The molecule has 7 nitrogen and oxygen atoms in total. The van der Waals surface area contributed by atoms with E-state index in [4.69, 9.17) is 14.2 Å². The van der Waals surface area contributed by atoms with Gasteiger partial charge in [0, 0.05) is 12.2 Å². The van der Waals surface area contributed by atoms with Crippen LogP contribution in [0.1, 0.15) is 22.8 Å². The van der Waals surface area contributed by atoms with Crippen LogP contribution in [0.5, 0.6) is 11.5 Å². The molecular formula is C20H23BrN2O5. The maximum absolute atomic E-state index is 12.2. The number of aryl methyl sites for hydroxylation is 1. The molecule has 0 spiro atoms. The Morgan fingerprint density at radius 1 is 1.04 bits per heavy atom. The third kappa shape index (κ3) is 7.21. The molecule has 0 fully saturated rings. The van der Waals surface area contributed by atoms with E-state index >= 15 is 0 Å². The summed E-state index contributed by atoms with van der Waals surface area (Å²) in [6.07, 6.45) is 0. The van der Waals surface area contributed by atoms with E-state index in [1.807, 2.05) is 26.0 Å². The second-order valence-electron chi connectivity index (χ2n) is 5.80. The number of nitrogens with one attached hydrogen (secondary N) is 2. The predicted molar refractivity (Wildman–Crippen MR) is 108 cm³/mol. The largest absolute Gasteiger partial charge is 0.491 e. The summed E-state index contributed by atoms with van der Waals surface area (Å²) >= 11 is 3.38. The molecule has 0 saturated carbocycles. The topological polar surface area (TPSA) is 85.9 Å². The molecule has 28 heavy (non-hydrogen) atoms. The minimum atomic E-state index is -0.482. The lowest BCUT2D eigenvalue weighted by atomic mass is 10.2. The Labute approximate surface area is 172 Å². The number of benzene rings is 2. The Morgan fingerprint density at radius 2 is 1.86 bits per heavy atom. The van der Waals surface area contributed by atoms with Crippen LogP contribution in [0, 0.1) is 6.92 Å². The molecule has 2 aromatic rings. The summed E-state index contributed by atoms with van der Waals surface area (Å²) in [7, 11) is 0. The van der Waals surface area contributed by atoms with Crippen molar-refractivity contribution in [2.75, 3.05) is 26.4 Å². The summed E-state index contributed by atoms with van der Waals surface area (Å²) in [6.45, 7) is 5.11. The van der Waals surface area contributed by atoms with E-state index in [0.717, 1.165) is 10.0 Å². The van der Waals surface area contributed by atoms with E-state index in [1.165, 1.54) is 0 Å². The van der Waals surface area contributed by atoms with Crippen molar-refractivity contribution in [3.8, 4) is 11.5 Å². The van der Waals surface area contributed by atoms with E-state index in [2.05, 4.69) is 26.8 Å². The molecule has 2 amide bonds. The number of ether oxygens (including phenoxy) is 3. The first-order valence-corrected chi connectivity index (χ1v) is 9.57. The molecule has 0 radical (unpaired) electrons. The van der Waals surface area contributed by atoms with E-state index in [1.54, 1.807) is 30.3 Å². The minimum Gasteiger partial charge on any atom is -0.491 e. The molecular weight excluding hydrogens is 428 g/mol. The molecule has 0 bridgehead atoms. The van der Waals surface area contributed by atoms with E-state index in [9.17, 15) is 9.59 Å². The standard InChI is InChI=1S/C20H23BrN2O5/c1-3-26-9-10-27-16-6-4-5-15(12-16)20(25)23-22-19(24)13-28-18-8-7-14(2)11-17(18)21/h4-8,11-12H,3,9-10,13H2,1-2H3,(H,22,24)(H,23,25). The van der Waals surface area contributed by atoms with E-state index in [-0.39, 0.29) is 6.61 Å². The number of amides is 2. The summed E-state index contributed by atoms with van der Waals surface area (Å²) in [4.78, 5) is 24.1. The van der Waals surface area contributed by atoms with Crippen LogP contribution in [0.3, 0.4) is 0 Å². The second kappa shape index (κ2) is 11.3. The van der Waals surface area contributed by atoms with Crippen LogP contribution in [-0.2, 0) is 9.53 Å². The maximum atomic E-state index is 12.2. The fourth-order valence-corrected chi connectivity index (χ4v) is 2.80. The lowest BCUT2D eigenvalue weighted by molar-refractivity contribution is -0.123. The van der Waals surface area contributed by atoms with Gasteiger partial charge in [-0.05, 0) is 65.7 Å². The van der Waals surface area contributed by atoms with Crippen molar-refractivity contribution in [2.45, 2.75) is 13.8 Å². The molecule has 0 unspecified atom stereocenters. The zero-order valence-electron chi connectivity index (χ0n) is 15.8. The molecule has 0 saturated heterocycles. The number of hydrazine groups is 1. The van der Waals surface area contributed by atoms with Gasteiger partial charge in [-0.1, -0.05) is 12.1 Å². The van der Waals surface area contributed by atoms with Crippen molar-refractivity contribution < 1.29 is 23.8 Å². The van der Waals surface area contributed by atoms with Crippen molar-refractivity contribution >= 4 is 27.7 Å². The Balaban J connectivity index is 1.78. The Hall–Kier alpha value is -2.58. The van der Waals surface area contributed by atoms with Crippen molar-refractivity contribution in [3.05, 3.63) is 58.1 Å². The van der Waals surface area contributed by atoms with Crippen molar-refractivity contribution in [1.29, 1.82) is 0 Å². The van der Waals surface area contributed by atoms with Crippen LogP contribution in [-0.4, -0.2) is 38.2 Å². The Bertz CT molecular complexity index is 813. The van der Waals surface area contributed by atoms with Gasteiger partial charge in [0.15, 0.2) is 6.61 Å². The lowest BCUT2D eigenvalue weighted by Gasteiger charge is -2.11. The van der Waals surface area contributed by atoms with Gasteiger partial charge in [0.25, 0.3) is 11.8 Å². The highest BCUT2D eigenvalue weighted by molar-refractivity contribution is 9.10. The van der Waals surface area contributed by atoms with E-state index < -0.39 is 11.8 Å². The number of hydrogen-bond donors (Lipinski definition) is 2. The van der Waals surface area contributed by atoms with Crippen LogP contribution in [0.2, 0.25) is 0 Å². The maximum Gasteiger partial charge on any atom is 0.276 e. The highest BCUT2D eigenvalue weighted by Crippen LogP contribution is 2.25. The molecule has 8 heteroatoms. The fraction of sp³-hybridized carbons (Fsp3) is 0.300. The van der Waals surface area contributed by atoms with Crippen molar-refractivity contribution in [2.24, 2.45) is 0 Å². The summed E-state index contributed by atoms with van der Waals surface area (Å²) in [5.41, 5.74) is 6.10. The van der Waals surface area contributed by atoms with Gasteiger partial charge >= 0.3 is 0 Å². The number of carbonyl (C=O) groups is 2. The number of carbonyl (C=O) groups excluding carboxylic acids is 2. The molecule has 150 valence electrons. The van der Waals surface area contributed by atoms with Crippen molar-refractivity contribution in [3.63, 3.8) is 0 Å². The summed E-state index contributed by atoms with van der Waals surface area (Å²) in [5.74, 6) is 0.153. The predicted octanol–water partition coefficient (Wildman–Crippen LogP) is 3.01. The molecule has 2 aromatic carbocycles. The summed E-state index contributed by atoms with van der Waals surface area (Å²) < 4.78 is 16.9. The third-order valence-corrected chi connectivity index (χ3v) is 4.18. The minimum absolute atomic E-state index is 0.234. The normalized spacial score (nSPS) is 10.2. The van der Waals surface area contributed by atoms with Crippen LogP contribution in [0.4, 0.5) is 0 Å². The molecule has 0 aromatic heterocycles. The van der Waals surface area contributed by atoms with Gasteiger partial charge in [-0.3, -0.25) is 20.4 Å². The first kappa shape index (κ1) is 21.7. The molecule has 0 atom stereocenters. The average Bonchev–Trinajstić information content (AvgIpc) is 2.69. The van der Waals surface area contributed by atoms with Gasteiger partial charge in [-0.25, -0.2) is 0 Å². The first-order chi connectivity index (χ1) is 13.5. The van der Waals surface area contributed by atoms with Gasteiger partial charge in [0.1, 0.15) is 18.1 Å². The van der Waals surface area contributed by atoms with Gasteiger partial charge < -0.3 is 14.2 Å². The van der Waals surface area contributed by atoms with Gasteiger partial charge in [0.05, 0.1) is 11.1 Å². The zero-order chi connectivity index (χ0) is 20.4. The first-order valence-electron chi connectivity index (χ1n) is 8.78. The third-order valence-electron chi connectivity index (χ3n) is 3.56. The Morgan fingerprint density at radius 3 is 2.61 bits per heavy atom. The molecule has 2 rings (SSSR count). The quantitative estimate of drug-likeness (QED) is 0.452. The SMILES string of the molecule is CCOCCOc1cccc(C(=O)NNC(=O)COc2ccc(C)cc2Br)c1. The van der Waals surface area contributed by atoms with Gasteiger partial charge in [0.2, 0.25) is 0 Å². The molecule has 0 aliphatic rings. The summed E-state index contributed by atoms with van der Waals surface area (Å²) in [6, 6.07) is 12.2. The highest BCUT2D eigenvalue weighted by atomic mass is 79.9. The average molecular weight is 451 g/mol. The van der Waals surface area contributed by atoms with Crippen molar-refractivity contribution in [1.82, 2.24) is 10.9 Å². The molecule has 0 heterocycles. The van der Waals surface area contributed by atoms with E-state index in [0.29, 0.717) is 36.9 Å². The highest BCUT2D eigenvalue weighted by Gasteiger charge is 2.10. The summed E-state index contributed by atoms with van der Waals surface area (Å²) in [5, 5.41) is 0. The molecule has 2 N–H and O–H groups in total.